The van der Waals surface area contributed by atoms with Crippen molar-refractivity contribution in [3.8, 4) is 11.1 Å². The summed E-state index contributed by atoms with van der Waals surface area (Å²) in [6.07, 6.45) is 1.79. The number of methoxy groups -OCH3 is 1. The van der Waals surface area contributed by atoms with Crippen LogP contribution in [0.5, 0.6) is 0 Å². The van der Waals surface area contributed by atoms with Crippen molar-refractivity contribution in [2.75, 3.05) is 7.11 Å². The Balaban J connectivity index is 2.11. The van der Waals surface area contributed by atoms with E-state index in [-0.39, 0.29) is 39.4 Å². The van der Waals surface area contributed by atoms with Gasteiger partial charge in [0.05, 0.1) is 18.2 Å². The molecule has 0 spiro atoms. The summed E-state index contributed by atoms with van der Waals surface area (Å²) in [7, 11) is 1.19. The van der Waals surface area contributed by atoms with Gasteiger partial charge in [0, 0.05) is 11.6 Å². The number of carboxylic acids is 1. The van der Waals surface area contributed by atoms with Gasteiger partial charge < -0.3 is 15.2 Å². The zero-order chi connectivity index (χ0) is 19.7. The first-order valence-electron chi connectivity index (χ1n) is 8.39. The minimum Gasteiger partial charge on any atom is -0.478 e. The van der Waals surface area contributed by atoms with Crippen molar-refractivity contribution >= 4 is 17.8 Å². The van der Waals surface area contributed by atoms with Gasteiger partial charge >= 0.3 is 11.9 Å². The second-order valence-electron chi connectivity index (χ2n) is 6.44. The molecule has 1 fully saturated rings. The van der Waals surface area contributed by atoms with Gasteiger partial charge in [-0.25, -0.2) is 14.0 Å². The molecule has 1 amide bonds. The van der Waals surface area contributed by atoms with E-state index in [1.54, 1.807) is 0 Å². The number of nitrogens with one attached hydrogen (secondary N) is 1. The molecular weight excluding hydrogens is 353 g/mol. The first kappa shape index (κ1) is 18.6. The molecule has 140 valence electrons. The molecule has 0 aliphatic heterocycles. The Morgan fingerprint density at radius 2 is 1.81 bits per heavy atom. The second kappa shape index (κ2) is 7.19. The van der Waals surface area contributed by atoms with E-state index in [2.05, 4.69) is 10.1 Å². The number of halogens is 1. The zero-order valence-corrected chi connectivity index (χ0v) is 14.8. The highest BCUT2D eigenvalue weighted by Crippen LogP contribution is 2.31. The molecule has 0 bridgehead atoms. The molecule has 2 N–H and O–H groups in total. The fourth-order valence-corrected chi connectivity index (χ4v) is 2.79. The maximum atomic E-state index is 14.4. The molecule has 1 saturated carbocycles. The zero-order valence-electron chi connectivity index (χ0n) is 14.8. The van der Waals surface area contributed by atoms with Crippen molar-refractivity contribution in [1.82, 2.24) is 5.32 Å². The third kappa shape index (κ3) is 3.81. The van der Waals surface area contributed by atoms with Crippen molar-refractivity contribution in [3.05, 3.63) is 58.4 Å². The lowest BCUT2D eigenvalue weighted by molar-refractivity contribution is 0.0600. The monoisotopic (exact) mass is 371 g/mol. The first-order chi connectivity index (χ1) is 12.8. The molecule has 0 aromatic heterocycles. The summed E-state index contributed by atoms with van der Waals surface area (Å²) in [5.74, 6) is -2.96. The number of ether oxygens (including phenoxy) is 1. The smallest absolute Gasteiger partial charge is 0.337 e. The van der Waals surface area contributed by atoms with E-state index in [4.69, 9.17) is 0 Å². The van der Waals surface area contributed by atoms with Crippen LogP contribution in [0.15, 0.2) is 30.3 Å². The highest BCUT2D eigenvalue weighted by atomic mass is 19.1. The number of benzene rings is 2. The minimum atomic E-state index is -1.27. The summed E-state index contributed by atoms with van der Waals surface area (Å²) >= 11 is 0. The van der Waals surface area contributed by atoms with Crippen LogP contribution in [0.25, 0.3) is 11.1 Å². The van der Waals surface area contributed by atoms with Crippen LogP contribution in [0, 0.1) is 12.7 Å². The van der Waals surface area contributed by atoms with Crippen LogP contribution >= 0.6 is 0 Å². The third-order valence-electron chi connectivity index (χ3n) is 4.48. The minimum absolute atomic E-state index is 0.0689. The number of carboxylic acid groups (broad SMARTS) is 1. The second-order valence-corrected chi connectivity index (χ2v) is 6.44. The Morgan fingerprint density at radius 1 is 1.11 bits per heavy atom. The van der Waals surface area contributed by atoms with Crippen molar-refractivity contribution < 1.29 is 28.6 Å². The predicted molar refractivity (Wildman–Crippen MR) is 95.4 cm³/mol. The van der Waals surface area contributed by atoms with Gasteiger partial charge in [-0.2, -0.15) is 0 Å². The number of carbonyl (C=O) groups is 3. The van der Waals surface area contributed by atoms with Crippen molar-refractivity contribution in [2.45, 2.75) is 25.8 Å². The summed E-state index contributed by atoms with van der Waals surface area (Å²) in [5.41, 5.74) is 0.719. The van der Waals surface area contributed by atoms with Crippen molar-refractivity contribution in [2.24, 2.45) is 0 Å². The van der Waals surface area contributed by atoms with Crippen LogP contribution in [-0.2, 0) is 4.74 Å². The van der Waals surface area contributed by atoms with Crippen LogP contribution in [0.2, 0.25) is 0 Å². The largest absolute Gasteiger partial charge is 0.478 e. The predicted octanol–water partition coefficient (Wildman–Crippen LogP) is 3.18. The highest BCUT2D eigenvalue weighted by Gasteiger charge is 2.25. The van der Waals surface area contributed by atoms with Gasteiger partial charge in [-0.1, -0.05) is 6.07 Å². The Kier molecular flexibility index (Phi) is 4.94. The quantitative estimate of drug-likeness (QED) is 0.788. The van der Waals surface area contributed by atoms with Crippen LogP contribution in [0.4, 0.5) is 4.39 Å². The topological polar surface area (TPSA) is 92.7 Å². The van der Waals surface area contributed by atoms with Gasteiger partial charge in [0.2, 0.25) is 0 Å². The Hall–Kier alpha value is -3.22. The summed E-state index contributed by atoms with van der Waals surface area (Å²) in [6.45, 7) is 1.51. The number of esters is 1. The SMILES string of the molecule is COC(=O)c1ccc(-c2cc(C(=O)NC3CC3)cc(F)c2C)c(C(=O)O)c1. The van der Waals surface area contributed by atoms with E-state index < -0.39 is 23.7 Å². The average Bonchev–Trinajstić information content (AvgIpc) is 3.46. The van der Waals surface area contributed by atoms with Gasteiger partial charge in [0.25, 0.3) is 5.91 Å². The lowest BCUT2D eigenvalue weighted by Gasteiger charge is -2.14. The number of hydrogen-bond donors (Lipinski definition) is 2. The maximum Gasteiger partial charge on any atom is 0.337 e. The van der Waals surface area contributed by atoms with Crippen LogP contribution in [0.1, 0.15) is 49.5 Å². The number of rotatable bonds is 5. The molecule has 0 heterocycles. The van der Waals surface area contributed by atoms with Gasteiger partial charge in [-0.15, -0.1) is 0 Å². The molecule has 0 saturated heterocycles. The van der Waals surface area contributed by atoms with Gasteiger partial charge in [0.1, 0.15) is 5.82 Å². The van der Waals surface area contributed by atoms with E-state index in [1.807, 2.05) is 0 Å². The molecule has 1 aliphatic rings. The third-order valence-corrected chi connectivity index (χ3v) is 4.48. The van der Waals surface area contributed by atoms with Crippen molar-refractivity contribution in [3.63, 3.8) is 0 Å². The van der Waals surface area contributed by atoms with Crippen LogP contribution < -0.4 is 5.32 Å². The highest BCUT2D eigenvalue weighted by molar-refractivity contribution is 6.02. The normalized spacial score (nSPS) is 13.1. The van der Waals surface area contributed by atoms with Crippen LogP contribution in [-0.4, -0.2) is 36.1 Å². The van der Waals surface area contributed by atoms with Gasteiger partial charge in [-0.3, -0.25) is 4.79 Å². The molecule has 1 aliphatic carbocycles. The Labute approximate surface area is 155 Å². The standard InChI is InChI=1S/C20H18FNO5/c1-10-15(8-12(9-17(10)21)18(23)22-13-4-5-13)14-6-3-11(20(26)27-2)7-16(14)19(24)25/h3,6-9,13H,4-5H2,1-2H3,(H,22,23)(H,24,25). The summed E-state index contributed by atoms with van der Waals surface area (Å²) in [4.78, 5) is 35.7. The molecule has 0 radical (unpaired) electrons. The molecule has 0 unspecified atom stereocenters. The molecule has 2 aromatic carbocycles. The van der Waals surface area contributed by atoms with Gasteiger partial charge in [-0.05, 0) is 60.7 Å². The van der Waals surface area contributed by atoms with Crippen molar-refractivity contribution in [1.29, 1.82) is 0 Å². The summed E-state index contributed by atoms with van der Waals surface area (Å²) in [5, 5.41) is 12.3. The lowest BCUT2D eigenvalue weighted by Crippen LogP contribution is -2.25. The molecular formula is C20H18FNO5. The summed E-state index contributed by atoms with van der Waals surface area (Å²) < 4.78 is 19.0. The lowest BCUT2D eigenvalue weighted by atomic mass is 9.92. The Morgan fingerprint density at radius 3 is 2.41 bits per heavy atom. The van der Waals surface area contributed by atoms with E-state index in [0.717, 1.165) is 18.9 Å². The first-order valence-corrected chi connectivity index (χ1v) is 8.39. The molecule has 2 aromatic rings. The summed E-state index contributed by atoms with van der Waals surface area (Å²) in [6, 6.07) is 6.72. The fraction of sp³-hybridized carbons (Fsp3) is 0.250. The van der Waals surface area contributed by atoms with E-state index in [1.165, 1.54) is 38.3 Å². The van der Waals surface area contributed by atoms with E-state index in [9.17, 15) is 23.9 Å². The number of hydrogen-bond acceptors (Lipinski definition) is 4. The number of amides is 1. The molecule has 27 heavy (non-hydrogen) atoms. The fourth-order valence-electron chi connectivity index (χ4n) is 2.79. The van der Waals surface area contributed by atoms with E-state index in [0.29, 0.717) is 0 Å². The molecule has 7 heteroatoms. The molecule has 0 atom stereocenters. The van der Waals surface area contributed by atoms with E-state index >= 15 is 0 Å². The van der Waals surface area contributed by atoms with Crippen LogP contribution in [0.3, 0.4) is 0 Å². The molecule has 3 rings (SSSR count). The number of carbonyl (C=O) groups excluding carboxylic acids is 2. The Bertz CT molecular complexity index is 950. The average molecular weight is 371 g/mol. The number of aromatic carboxylic acids is 1. The van der Waals surface area contributed by atoms with Gasteiger partial charge in [0.15, 0.2) is 0 Å². The molecule has 6 nitrogen and oxygen atoms in total. The maximum absolute atomic E-state index is 14.4.